The molecule has 0 bridgehead atoms. The van der Waals surface area contributed by atoms with Gasteiger partial charge in [-0.25, -0.2) is 4.79 Å². The van der Waals surface area contributed by atoms with Gasteiger partial charge in [-0.1, -0.05) is 0 Å². The molecule has 0 aromatic carbocycles. The van der Waals surface area contributed by atoms with E-state index in [0.29, 0.717) is 11.4 Å². The van der Waals surface area contributed by atoms with Gasteiger partial charge in [0.2, 0.25) is 5.91 Å². The highest BCUT2D eigenvalue weighted by Gasteiger charge is 2.20. The van der Waals surface area contributed by atoms with Crippen LogP contribution in [-0.2, 0) is 4.79 Å². The second kappa shape index (κ2) is 4.75. The molecule has 0 radical (unpaired) electrons. The van der Waals surface area contributed by atoms with Gasteiger partial charge < -0.3 is 14.9 Å². The Morgan fingerprint density at radius 2 is 2.18 bits per heavy atom. The molecule has 1 aliphatic rings. The van der Waals surface area contributed by atoms with Crippen LogP contribution in [0.3, 0.4) is 0 Å². The molecule has 1 fully saturated rings. The van der Waals surface area contributed by atoms with E-state index in [2.05, 4.69) is 0 Å². The molecule has 0 aliphatic carbocycles. The van der Waals surface area contributed by atoms with Crippen LogP contribution in [-0.4, -0.2) is 48.6 Å². The van der Waals surface area contributed by atoms with Crippen molar-refractivity contribution >= 4 is 28.2 Å². The number of nitrogens with zero attached hydrogens (tertiary/aromatic N) is 2. The summed E-state index contributed by atoms with van der Waals surface area (Å²) in [6.07, 6.45) is 0.905. The average Bonchev–Trinajstić information content (AvgIpc) is 2.70. The van der Waals surface area contributed by atoms with Gasteiger partial charge in [-0.2, -0.15) is 0 Å². The second-order valence-corrected chi connectivity index (χ2v) is 5.10. The lowest BCUT2D eigenvalue weighted by Gasteiger charge is -2.19. The molecule has 6 heteroatoms. The zero-order chi connectivity index (χ0) is 12.4. The van der Waals surface area contributed by atoms with Gasteiger partial charge in [0.15, 0.2) is 0 Å². The fourth-order valence-corrected chi connectivity index (χ4v) is 2.66. The minimum absolute atomic E-state index is 0.0766. The number of hydrogen-bond donors (Lipinski definition) is 1. The molecule has 1 aromatic heterocycles. The number of rotatable bonds is 2. The molecule has 1 N–H and O–H groups in total. The molecule has 1 aliphatic heterocycles. The predicted molar refractivity (Wildman–Crippen MR) is 65.7 cm³/mol. The molecule has 1 amide bonds. The topological polar surface area (TPSA) is 60.9 Å². The summed E-state index contributed by atoms with van der Waals surface area (Å²) >= 11 is 1.22. The van der Waals surface area contributed by atoms with Gasteiger partial charge in [-0.05, 0) is 18.6 Å². The van der Waals surface area contributed by atoms with E-state index in [1.54, 1.807) is 24.1 Å². The van der Waals surface area contributed by atoms with Crippen molar-refractivity contribution in [3.8, 4) is 0 Å². The van der Waals surface area contributed by atoms with E-state index in [1.807, 2.05) is 4.90 Å². The zero-order valence-corrected chi connectivity index (χ0v) is 10.4. The number of carbonyl (C=O) groups is 2. The van der Waals surface area contributed by atoms with E-state index in [4.69, 9.17) is 5.11 Å². The van der Waals surface area contributed by atoms with Gasteiger partial charge in [0, 0.05) is 20.1 Å². The van der Waals surface area contributed by atoms with Crippen LogP contribution in [0.4, 0.5) is 5.00 Å². The largest absolute Gasteiger partial charge is 0.477 e. The third-order valence-corrected chi connectivity index (χ3v) is 3.92. The Kier molecular flexibility index (Phi) is 3.33. The third-order valence-electron chi connectivity index (χ3n) is 2.79. The fourth-order valence-electron chi connectivity index (χ4n) is 1.79. The SMILES string of the molecule is CN1CCCN(c2ccc(C(=O)O)s2)CC1=O. The summed E-state index contributed by atoms with van der Waals surface area (Å²) in [7, 11) is 1.79. The number of likely N-dealkylation sites (N-methyl/N-ethyl adjacent to an activating group) is 1. The van der Waals surface area contributed by atoms with Crippen molar-refractivity contribution in [3.05, 3.63) is 17.0 Å². The molecule has 2 rings (SSSR count). The molecule has 5 nitrogen and oxygen atoms in total. The van der Waals surface area contributed by atoms with Gasteiger partial charge in [0.05, 0.1) is 11.5 Å². The molecular weight excluding hydrogens is 240 g/mol. The van der Waals surface area contributed by atoms with Crippen LogP contribution in [0.15, 0.2) is 12.1 Å². The van der Waals surface area contributed by atoms with Crippen molar-refractivity contribution < 1.29 is 14.7 Å². The summed E-state index contributed by atoms with van der Waals surface area (Å²) in [4.78, 5) is 26.5. The van der Waals surface area contributed by atoms with Gasteiger partial charge >= 0.3 is 5.97 Å². The van der Waals surface area contributed by atoms with E-state index in [9.17, 15) is 9.59 Å². The smallest absolute Gasteiger partial charge is 0.345 e. The first-order valence-electron chi connectivity index (χ1n) is 5.40. The molecule has 17 heavy (non-hydrogen) atoms. The van der Waals surface area contributed by atoms with Crippen molar-refractivity contribution in [1.29, 1.82) is 0 Å². The zero-order valence-electron chi connectivity index (χ0n) is 9.55. The number of carboxylic acid groups (broad SMARTS) is 1. The Labute approximate surface area is 103 Å². The highest BCUT2D eigenvalue weighted by Crippen LogP contribution is 2.26. The summed E-state index contributed by atoms with van der Waals surface area (Å²) < 4.78 is 0. The molecule has 1 aromatic rings. The maximum absolute atomic E-state index is 11.7. The first-order valence-corrected chi connectivity index (χ1v) is 6.21. The van der Waals surface area contributed by atoms with Crippen LogP contribution < -0.4 is 4.90 Å². The monoisotopic (exact) mass is 254 g/mol. The van der Waals surface area contributed by atoms with Crippen LogP contribution in [0.25, 0.3) is 0 Å². The Balaban J connectivity index is 2.15. The summed E-state index contributed by atoms with van der Waals surface area (Å²) in [5, 5.41) is 9.72. The minimum atomic E-state index is -0.917. The quantitative estimate of drug-likeness (QED) is 0.859. The Hall–Kier alpha value is -1.56. The summed E-state index contributed by atoms with van der Waals surface area (Å²) in [6, 6.07) is 3.36. The minimum Gasteiger partial charge on any atom is -0.477 e. The van der Waals surface area contributed by atoms with Crippen LogP contribution in [0.5, 0.6) is 0 Å². The van der Waals surface area contributed by atoms with E-state index in [0.717, 1.165) is 24.5 Å². The van der Waals surface area contributed by atoms with Gasteiger partial charge in [-0.3, -0.25) is 4.79 Å². The van der Waals surface area contributed by atoms with Crippen LogP contribution >= 0.6 is 11.3 Å². The van der Waals surface area contributed by atoms with E-state index in [1.165, 1.54) is 11.3 Å². The number of carbonyl (C=O) groups excluding carboxylic acids is 1. The normalized spacial score (nSPS) is 17.1. The molecule has 2 heterocycles. The molecule has 0 saturated carbocycles. The highest BCUT2D eigenvalue weighted by atomic mass is 32.1. The fraction of sp³-hybridized carbons (Fsp3) is 0.455. The van der Waals surface area contributed by atoms with Crippen LogP contribution in [0.1, 0.15) is 16.1 Å². The lowest BCUT2D eigenvalue weighted by molar-refractivity contribution is -0.127. The maximum atomic E-state index is 11.7. The average molecular weight is 254 g/mol. The molecule has 0 unspecified atom stereocenters. The second-order valence-electron chi connectivity index (χ2n) is 4.03. The molecule has 0 atom stereocenters. The third kappa shape index (κ3) is 2.58. The van der Waals surface area contributed by atoms with E-state index in [-0.39, 0.29) is 5.91 Å². The number of carboxylic acids is 1. The molecule has 92 valence electrons. The Bertz CT molecular complexity index is 444. The highest BCUT2D eigenvalue weighted by molar-refractivity contribution is 7.17. The van der Waals surface area contributed by atoms with E-state index >= 15 is 0 Å². The number of thiophene rings is 1. The van der Waals surface area contributed by atoms with Gasteiger partial charge in [-0.15, -0.1) is 11.3 Å². The molecular formula is C11H14N2O3S. The molecule has 1 saturated heterocycles. The van der Waals surface area contributed by atoms with Crippen molar-refractivity contribution in [2.45, 2.75) is 6.42 Å². The Morgan fingerprint density at radius 1 is 1.41 bits per heavy atom. The number of hydrogen-bond acceptors (Lipinski definition) is 4. The standard InChI is InChI=1S/C11H14N2O3S/c1-12-5-2-6-13(7-9(12)14)10-4-3-8(17-10)11(15)16/h3-4H,2,5-7H2,1H3,(H,15,16). The van der Waals surface area contributed by atoms with Crippen molar-refractivity contribution in [2.75, 3.05) is 31.6 Å². The van der Waals surface area contributed by atoms with Gasteiger partial charge in [0.1, 0.15) is 4.88 Å². The lowest BCUT2D eigenvalue weighted by atomic mass is 10.4. The van der Waals surface area contributed by atoms with Crippen molar-refractivity contribution in [1.82, 2.24) is 4.90 Å². The molecule has 0 spiro atoms. The first-order chi connectivity index (χ1) is 8.08. The van der Waals surface area contributed by atoms with Crippen LogP contribution in [0.2, 0.25) is 0 Å². The van der Waals surface area contributed by atoms with Crippen molar-refractivity contribution in [2.24, 2.45) is 0 Å². The van der Waals surface area contributed by atoms with E-state index < -0.39 is 5.97 Å². The lowest BCUT2D eigenvalue weighted by Crippen LogP contribution is -2.33. The number of amides is 1. The van der Waals surface area contributed by atoms with Crippen LogP contribution in [0, 0.1) is 0 Å². The predicted octanol–water partition coefficient (Wildman–Crippen LogP) is 1.11. The summed E-state index contributed by atoms with van der Waals surface area (Å²) in [6.45, 7) is 1.87. The van der Waals surface area contributed by atoms with Crippen molar-refractivity contribution in [3.63, 3.8) is 0 Å². The van der Waals surface area contributed by atoms with Gasteiger partial charge in [0.25, 0.3) is 0 Å². The summed E-state index contributed by atoms with van der Waals surface area (Å²) in [5.41, 5.74) is 0. The first kappa shape index (κ1) is 11.9. The maximum Gasteiger partial charge on any atom is 0.345 e. The number of anilines is 1. The summed E-state index contributed by atoms with van der Waals surface area (Å²) in [5.74, 6) is -0.840. The Morgan fingerprint density at radius 3 is 2.82 bits per heavy atom. The number of aromatic carboxylic acids is 1.